The molecular weight excluding hydrogens is 412 g/mol. The van der Waals surface area contributed by atoms with E-state index in [2.05, 4.69) is 40.4 Å². The third-order valence-electron chi connectivity index (χ3n) is 6.00. The summed E-state index contributed by atoms with van der Waals surface area (Å²) in [5.41, 5.74) is 4.99. The number of amides is 1. The van der Waals surface area contributed by atoms with Gasteiger partial charge in [-0.05, 0) is 60.6 Å². The van der Waals surface area contributed by atoms with Crippen molar-refractivity contribution in [2.45, 2.75) is 6.54 Å². The van der Waals surface area contributed by atoms with Gasteiger partial charge in [0.05, 0.1) is 18.7 Å². The van der Waals surface area contributed by atoms with Gasteiger partial charge in [-0.15, -0.1) is 0 Å². The Morgan fingerprint density at radius 3 is 2.42 bits per heavy atom. The molecule has 6 nitrogen and oxygen atoms in total. The van der Waals surface area contributed by atoms with Gasteiger partial charge in [0.25, 0.3) is 5.91 Å². The van der Waals surface area contributed by atoms with Crippen LogP contribution in [0.4, 0.5) is 5.69 Å². The maximum atomic E-state index is 12.5. The van der Waals surface area contributed by atoms with Crippen molar-refractivity contribution in [2.24, 2.45) is 0 Å². The quantitative estimate of drug-likeness (QED) is 0.621. The van der Waals surface area contributed by atoms with Crippen LogP contribution in [0.2, 0.25) is 0 Å². The van der Waals surface area contributed by atoms with E-state index in [0.717, 1.165) is 49.6 Å². The topological polar surface area (TPSA) is 68.6 Å². The lowest BCUT2D eigenvalue weighted by Crippen LogP contribution is -2.43. The molecule has 1 fully saturated rings. The number of anilines is 1. The van der Waals surface area contributed by atoms with Gasteiger partial charge in [-0.2, -0.15) is 5.26 Å². The molecule has 6 heteroatoms. The van der Waals surface area contributed by atoms with Crippen LogP contribution in [0.1, 0.15) is 21.5 Å². The van der Waals surface area contributed by atoms with Crippen molar-refractivity contribution < 1.29 is 9.53 Å². The molecule has 1 amide bonds. The van der Waals surface area contributed by atoms with Crippen LogP contribution in [-0.2, 0) is 6.54 Å². The zero-order valence-electron chi connectivity index (χ0n) is 19.0. The normalized spacial score (nSPS) is 14.5. The van der Waals surface area contributed by atoms with E-state index in [4.69, 9.17) is 10.00 Å². The van der Waals surface area contributed by atoms with Crippen molar-refractivity contribution >= 4 is 11.6 Å². The molecule has 0 aromatic heterocycles. The van der Waals surface area contributed by atoms with Gasteiger partial charge in [-0.3, -0.25) is 9.69 Å². The monoisotopic (exact) mass is 440 g/mol. The number of nitriles is 1. The van der Waals surface area contributed by atoms with E-state index >= 15 is 0 Å². The minimum atomic E-state index is -0.237. The van der Waals surface area contributed by atoms with Crippen LogP contribution < -0.4 is 10.1 Å². The number of rotatable bonds is 6. The van der Waals surface area contributed by atoms with Crippen molar-refractivity contribution in [3.63, 3.8) is 0 Å². The highest BCUT2D eigenvalue weighted by Gasteiger charge is 2.16. The summed E-state index contributed by atoms with van der Waals surface area (Å²) in [7, 11) is 3.88. The van der Waals surface area contributed by atoms with E-state index in [-0.39, 0.29) is 5.91 Å². The first-order valence-corrected chi connectivity index (χ1v) is 11.1. The third-order valence-corrected chi connectivity index (χ3v) is 6.00. The first kappa shape index (κ1) is 22.5. The highest BCUT2D eigenvalue weighted by molar-refractivity contribution is 6.04. The Kier molecular flexibility index (Phi) is 7.04. The van der Waals surface area contributed by atoms with Crippen LogP contribution in [0.15, 0.2) is 66.7 Å². The highest BCUT2D eigenvalue weighted by Crippen LogP contribution is 2.29. The molecule has 3 aromatic carbocycles. The van der Waals surface area contributed by atoms with Gasteiger partial charge in [-0.1, -0.05) is 24.3 Å². The Morgan fingerprint density at radius 2 is 1.73 bits per heavy atom. The van der Waals surface area contributed by atoms with E-state index in [1.807, 2.05) is 30.3 Å². The minimum Gasteiger partial charge on any atom is -0.496 e. The number of nitrogens with zero attached hydrogens (tertiary/aromatic N) is 3. The van der Waals surface area contributed by atoms with E-state index in [1.165, 1.54) is 5.56 Å². The lowest BCUT2D eigenvalue weighted by Gasteiger charge is -2.32. The fraction of sp³-hybridized carbons (Fsp3) is 0.259. The summed E-state index contributed by atoms with van der Waals surface area (Å²) in [5, 5.41) is 11.9. The number of nitrogens with one attached hydrogen (secondary N) is 1. The average molecular weight is 441 g/mol. The van der Waals surface area contributed by atoms with Gasteiger partial charge in [0, 0.05) is 49.5 Å². The molecular formula is C27H28N4O2. The molecule has 1 N–H and O–H groups in total. The van der Waals surface area contributed by atoms with Gasteiger partial charge in [0.2, 0.25) is 0 Å². The summed E-state index contributed by atoms with van der Waals surface area (Å²) < 4.78 is 5.62. The van der Waals surface area contributed by atoms with Gasteiger partial charge in [-0.25, -0.2) is 0 Å². The molecule has 0 aliphatic carbocycles. The summed E-state index contributed by atoms with van der Waals surface area (Å²) in [6, 6.07) is 22.8. The molecule has 0 spiro atoms. The Morgan fingerprint density at radius 1 is 1.00 bits per heavy atom. The predicted molar refractivity (Wildman–Crippen MR) is 130 cm³/mol. The van der Waals surface area contributed by atoms with E-state index in [1.54, 1.807) is 31.4 Å². The van der Waals surface area contributed by atoms with Crippen molar-refractivity contribution in [2.75, 3.05) is 45.7 Å². The fourth-order valence-electron chi connectivity index (χ4n) is 4.01. The summed E-state index contributed by atoms with van der Waals surface area (Å²) in [6.07, 6.45) is 0. The number of hydrogen-bond acceptors (Lipinski definition) is 5. The molecule has 33 heavy (non-hydrogen) atoms. The van der Waals surface area contributed by atoms with Crippen LogP contribution in [0.25, 0.3) is 11.1 Å². The van der Waals surface area contributed by atoms with Gasteiger partial charge in [0.15, 0.2) is 0 Å². The van der Waals surface area contributed by atoms with Crippen LogP contribution in [0.5, 0.6) is 5.75 Å². The second-order valence-electron chi connectivity index (χ2n) is 8.33. The van der Waals surface area contributed by atoms with Crippen molar-refractivity contribution in [3.05, 3.63) is 83.4 Å². The number of carbonyl (C=O) groups excluding carboxylic acids is 1. The van der Waals surface area contributed by atoms with E-state index < -0.39 is 0 Å². The smallest absolute Gasteiger partial charge is 0.255 e. The van der Waals surface area contributed by atoms with Crippen LogP contribution in [0, 0.1) is 11.3 Å². The number of likely N-dealkylation sites (N-methyl/N-ethyl adjacent to an activating group) is 1. The SMILES string of the molecule is COc1ccc(-c2ccc(NC(=O)c3cccc(C#N)c3)cc2)cc1CN1CCN(C)CC1. The molecule has 0 bridgehead atoms. The Bertz CT molecular complexity index is 1160. The van der Waals surface area contributed by atoms with Crippen molar-refractivity contribution in [1.29, 1.82) is 5.26 Å². The molecule has 0 atom stereocenters. The first-order chi connectivity index (χ1) is 16.1. The molecule has 1 aliphatic heterocycles. The highest BCUT2D eigenvalue weighted by atomic mass is 16.5. The largest absolute Gasteiger partial charge is 0.496 e. The third kappa shape index (κ3) is 5.58. The lowest BCUT2D eigenvalue weighted by molar-refractivity contribution is 0.102. The maximum absolute atomic E-state index is 12.5. The standard InChI is InChI=1S/C27H28N4O2/c1-30-12-14-31(15-13-30)19-24-17-22(8-11-26(24)33-2)21-6-9-25(10-7-21)29-27(32)23-5-3-4-20(16-23)18-28/h3-11,16-17H,12-15,19H2,1-2H3,(H,29,32). The van der Waals surface area contributed by atoms with Gasteiger partial charge < -0.3 is 15.0 Å². The fourth-order valence-corrected chi connectivity index (χ4v) is 4.01. The Balaban J connectivity index is 1.47. The molecule has 1 saturated heterocycles. The maximum Gasteiger partial charge on any atom is 0.255 e. The summed E-state index contributed by atoms with van der Waals surface area (Å²) in [5.74, 6) is 0.667. The van der Waals surface area contributed by atoms with Gasteiger partial charge in [0.1, 0.15) is 5.75 Å². The number of methoxy groups -OCH3 is 1. The van der Waals surface area contributed by atoms with Crippen LogP contribution in [0.3, 0.4) is 0 Å². The molecule has 1 aliphatic rings. The number of carbonyl (C=O) groups is 1. The zero-order chi connectivity index (χ0) is 23.2. The van der Waals surface area contributed by atoms with E-state index in [0.29, 0.717) is 16.8 Å². The number of benzene rings is 3. The molecule has 168 valence electrons. The van der Waals surface area contributed by atoms with Crippen LogP contribution in [-0.4, -0.2) is 56.0 Å². The summed E-state index contributed by atoms with van der Waals surface area (Å²) >= 11 is 0. The molecule has 4 rings (SSSR count). The zero-order valence-corrected chi connectivity index (χ0v) is 19.0. The predicted octanol–water partition coefficient (Wildman–Crippen LogP) is 4.23. The second-order valence-corrected chi connectivity index (χ2v) is 8.33. The number of ether oxygens (including phenoxy) is 1. The molecule has 0 unspecified atom stereocenters. The second kappa shape index (κ2) is 10.3. The Hall–Kier alpha value is -3.66. The summed E-state index contributed by atoms with van der Waals surface area (Å²) in [6.45, 7) is 5.12. The van der Waals surface area contributed by atoms with E-state index in [9.17, 15) is 4.79 Å². The van der Waals surface area contributed by atoms with Gasteiger partial charge >= 0.3 is 0 Å². The lowest BCUT2D eigenvalue weighted by atomic mass is 10.0. The summed E-state index contributed by atoms with van der Waals surface area (Å²) in [4.78, 5) is 17.3. The Labute approximate surface area is 195 Å². The first-order valence-electron chi connectivity index (χ1n) is 11.1. The molecule has 0 saturated carbocycles. The molecule has 0 radical (unpaired) electrons. The molecule has 3 aromatic rings. The van der Waals surface area contributed by atoms with Crippen LogP contribution >= 0.6 is 0 Å². The number of hydrogen-bond donors (Lipinski definition) is 1. The number of piperazine rings is 1. The van der Waals surface area contributed by atoms with Crippen molar-refractivity contribution in [3.8, 4) is 22.9 Å². The minimum absolute atomic E-state index is 0.237. The van der Waals surface area contributed by atoms with Crippen molar-refractivity contribution in [1.82, 2.24) is 9.80 Å². The average Bonchev–Trinajstić information content (AvgIpc) is 2.86. The molecule has 1 heterocycles.